The molecule has 1 unspecified atom stereocenters. The molecule has 1 fully saturated rings. The van der Waals surface area contributed by atoms with Gasteiger partial charge in [0.05, 0.1) is 17.3 Å². The molecule has 1 atom stereocenters. The molecule has 2 heterocycles. The summed E-state index contributed by atoms with van der Waals surface area (Å²) in [5.41, 5.74) is 8.00. The first-order valence-corrected chi connectivity index (χ1v) is 6.88. The quantitative estimate of drug-likeness (QED) is 0.822. The van der Waals surface area contributed by atoms with Crippen molar-refractivity contribution in [2.75, 3.05) is 25.9 Å². The average Bonchev–Trinajstić information content (AvgIpc) is 2.92. The molecular formula is C15H19N3O2. The van der Waals surface area contributed by atoms with Gasteiger partial charge in [0, 0.05) is 25.6 Å². The summed E-state index contributed by atoms with van der Waals surface area (Å²) in [6, 6.07) is 7.54. The van der Waals surface area contributed by atoms with Crippen molar-refractivity contribution >= 4 is 22.5 Å². The van der Waals surface area contributed by atoms with Gasteiger partial charge in [-0.2, -0.15) is 0 Å². The summed E-state index contributed by atoms with van der Waals surface area (Å²) in [5, 5.41) is 0.966. The Morgan fingerprint density at radius 1 is 1.50 bits per heavy atom. The smallest absolute Gasteiger partial charge is 0.270 e. The summed E-state index contributed by atoms with van der Waals surface area (Å²) < 4.78 is 5.36. The van der Waals surface area contributed by atoms with Gasteiger partial charge in [0.2, 0.25) is 0 Å². The van der Waals surface area contributed by atoms with Crippen LogP contribution < -0.4 is 5.73 Å². The van der Waals surface area contributed by atoms with E-state index in [1.54, 1.807) is 7.11 Å². The normalized spacial score (nSPS) is 19.4. The molecule has 1 aromatic heterocycles. The number of benzene rings is 1. The van der Waals surface area contributed by atoms with Gasteiger partial charge in [-0.15, -0.1) is 0 Å². The third-order valence-electron chi connectivity index (χ3n) is 3.92. The second kappa shape index (κ2) is 5.17. The van der Waals surface area contributed by atoms with Gasteiger partial charge in [-0.1, -0.05) is 12.1 Å². The molecule has 1 aromatic carbocycles. The molecule has 106 valence electrons. The molecule has 1 aliphatic heterocycles. The number of para-hydroxylation sites is 1. The van der Waals surface area contributed by atoms with E-state index in [2.05, 4.69) is 4.98 Å². The van der Waals surface area contributed by atoms with Gasteiger partial charge in [0.15, 0.2) is 0 Å². The largest absolute Gasteiger partial charge is 0.397 e. The number of likely N-dealkylation sites (tertiary alicyclic amines) is 1. The van der Waals surface area contributed by atoms with Crippen molar-refractivity contribution in [1.82, 2.24) is 9.88 Å². The van der Waals surface area contributed by atoms with Crippen molar-refractivity contribution in [2.24, 2.45) is 0 Å². The molecule has 0 aliphatic carbocycles. The molecule has 1 amide bonds. The standard InChI is InChI=1S/C15H19N3O2/c1-20-11-5-3-7-18(9-11)15(19)13-8-10-4-2-6-12(16)14(10)17-13/h2,4,6,8,11,17H,3,5,7,9,16H2,1H3. The Kier molecular flexibility index (Phi) is 3.36. The Balaban J connectivity index is 1.86. The van der Waals surface area contributed by atoms with Gasteiger partial charge in [-0.05, 0) is 25.0 Å². The maximum Gasteiger partial charge on any atom is 0.270 e. The lowest BCUT2D eigenvalue weighted by molar-refractivity contribution is 0.0266. The molecule has 0 spiro atoms. The van der Waals surface area contributed by atoms with Crippen molar-refractivity contribution in [3.05, 3.63) is 30.0 Å². The lowest BCUT2D eigenvalue weighted by atomic mass is 10.1. The van der Waals surface area contributed by atoms with E-state index in [4.69, 9.17) is 10.5 Å². The number of amides is 1. The summed E-state index contributed by atoms with van der Waals surface area (Å²) in [5.74, 6) is 0.0161. The highest BCUT2D eigenvalue weighted by atomic mass is 16.5. The zero-order valence-electron chi connectivity index (χ0n) is 11.6. The number of carbonyl (C=O) groups is 1. The van der Waals surface area contributed by atoms with Crippen molar-refractivity contribution < 1.29 is 9.53 Å². The summed E-state index contributed by atoms with van der Waals surface area (Å²) in [4.78, 5) is 17.5. The topological polar surface area (TPSA) is 71.3 Å². The van der Waals surface area contributed by atoms with Crippen molar-refractivity contribution in [1.29, 1.82) is 0 Å². The maximum atomic E-state index is 12.5. The number of methoxy groups -OCH3 is 1. The van der Waals surface area contributed by atoms with Crippen LogP contribution in [0.5, 0.6) is 0 Å². The first kappa shape index (κ1) is 13.0. The molecule has 1 saturated heterocycles. The molecular weight excluding hydrogens is 254 g/mol. The predicted molar refractivity (Wildman–Crippen MR) is 78.6 cm³/mol. The monoisotopic (exact) mass is 273 g/mol. The molecule has 3 N–H and O–H groups in total. The second-order valence-corrected chi connectivity index (χ2v) is 5.25. The van der Waals surface area contributed by atoms with E-state index >= 15 is 0 Å². The third kappa shape index (κ3) is 2.25. The van der Waals surface area contributed by atoms with Crippen LogP contribution in [0.15, 0.2) is 24.3 Å². The number of aromatic amines is 1. The van der Waals surface area contributed by atoms with Crippen molar-refractivity contribution in [3.63, 3.8) is 0 Å². The molecule has 0 bridgehead atoms. The number of nitrogens with two attached hydrogens (primary N) is 1. The first-order chi connectivity index (χ1) is 9.69. The Morgan fingerprint density at radius 2 is 2.35 bits per heavy atom. The van der Waals surface area contributed by atoms with Gasteiger partial charge in [-0.3, -0.25) is 4.79 Å². The Hall–Kier alpha value is -2.01. The van der Waals surface area contributed by atoms with Gasteiger partial charge in [0.25, 0.3) is 5.91 Å². The number of ether oxygens (including phenoxy) is 1. The second-order valence-electron chi connectivity index (χ2n) is 5.25. The van der Waals surface area contributed by atoms with Gasteiger partial charge >= 0.3 is 0 Å². The summed E-state index contributed by atoms with van der Waals surface area (Å²) in [6.45, 7) is 1.43. The Labute approximate surface area is 117 Å². The molecule has 0 radical (unpaired) electrons. The number of rotatable bonds is 2. The van der Waals surface area contributed by atoms with Crippen LogP contribution >= 0.6 is 0 Å². The number of piperidine rings is 1. The van der Waals surface area contributed by atoms with E-state index in [0.29, 0.717) is 17.9 Å². The molecule has 1 aliphatic rings. The minimum absolute atomic E-state index is 0.0161. The minimum Gasteiger partial charge on any atom is -0.397 e. The van der Waals surface area contributed by atoms with E-state index in [1.165, 1.54) is 0 Å². The molecule has 2 aromatic rings. The number of hydrogen-bond acceptors (Lipinski definition) is 3. The maximum absolute atomic E-state index is 12.5. The van der Waals surface area contributed by atoms with Crippen LogP contribution in [0, 0.1) is 0 Å². The number of aromatic nitrogens is 1. The van der Waals surface area contributed by atoms with Gasteiger partial charge in [-0.25, -0.2) is 0 Å². The van der Waals surface area contributed by atoms with E-state index in [9.17, 15) is 4.79 Å². The van der Waals surface area contributed by atoms with E-state index in [-0.39, 0.29) is 12.0 Å². The number of anilines is 1. The lowest BCUT2D eigenvalue weighted by Gasteiger charge is -2.31. The molecule has 20 heavy (non-hydrogen) atoms. The Morgan fingerprint density at radius 3 is 3.10 bits per heavy atom. The van der Waals surface area contributed by atoms with Crippen LogP contribution in [0.3, 0.4) is 0 Å². The fraction of sp³-hybridized carbons (Fsp3) is 0.400. The van der Waals surface area contributed by atoms with Crippen molar-refractivity contribution in [2.45, 2.75) is 18.9 Å². The first-order valence-electron chi connectivity index (χ1n) is 6.88. The number of fused-ring (bicyclic) bond motifs is 1. The van der Waals surface area contributed by atoms with Crippen LogP contribution in [0.1, 0.15) is 23.3 Å². The van der Waals surface area contributed by atoms with Crippen molar-refractivity contribution in [3.8, 4) is 0 Å². The highest BCUT2D eigenvalue weighted by molar-refractivity contribution is 6.00. The third-order valence-corrected chi connectivity index (χ3v) is 3.92. The average molecular weight is 273 g/mol. The number of H-pyrrole nitrogens is 1. The summed E-state index contributed by atoms with van der Waals surface area (Å²) in [6.07, 6.45) is 2.13. The zero-order chi connectivity index (χ0) is 14.1. The lowest BCUT2D eigenvalue weighted by Crippen LogP contribution is -2.43. The molecule has 3 rings (SSSR count). The van der Waals surface area contributed by atoms with Crippen LogP contribution in [-0.4, -0.2) is 42.1 Å². The fourth-order valence-corrected chi connectivity index (χ4v) is 2.78. The SMILES string of the molecule is COC1CCCN(C(=O)c2cc3cccc(N)c3[nH]2)C1. The highest BCUT2D eigenvalue weighted by Gasteiger charge is 2.25. The van der Waals surface area contributed by atoms with Gasteiger partial charge in [0.1, 0.15) is 5.69 Å². The minimum atomic E-state index is 0.0161. The molecule has 5 nitrogen and oxygen atoms in total. The number of nitrogen functional groups attached to an aromatic ring is 1. The highest BCUT2D eigenvalue weighted by Crippen LogP contribution is 2.23. The van der Waals surface area contributed by atoms with Gasteiger partial charge < -0.3 is 20.4 Å². The number of carbonyl (C=O) groups excluding carboxylic acids is 1. The summed E-state index contributed by atoms with van der Waals surface area (Å²) >= 11 is 0. The van der Waals surface area contributed by atoms with E-state index in [0.717, 1.165) is 30.3 Å². The Bertz CT molecular complexity index is 635. The van der Waals surface area contributed by atoms with Crippen LogP contribution in [-0.2, 0) is 4.74 Å². The molecule has 5 heteroatoms. The van der Waals surface area contributed by atoms with E-state index < -0.39 is 0 Å². The number of hydrogen-bond donors (Lipinski definition) is 2. The van der Waals surface area contributed by atoms with Crippen LogP contribution in [0.25, 0.3) is 10.9 Å². The predicted octanol–water partition coefficient (Wildman–Crippen LogP) is 2.00. The molecule has 0 saturated carbocycles. The number of nitrogens with one attached hydrogen (secondary N) is 1. The number of nitrogens with zero attached hydrogens (tertiary/aromatic N) is 1. The van der Waals surface area contributed by atoms with Crippen LogP contribution in [0.2, 0.25) is 0 Å². The zero-order valence-corrected chi connectivity index (χ0v) is 11.6. The fourth-order valence-electron chi connectivity index (χ4n) is 2.78. The summed E-state index contributed by atoms with van der Waals surface area (Å²) in [7, 11) is 1.70. The van der Waals surface area contributed by atoms with E-state index in [1.807, 2.05) is 29.2 Å². The van der Waals surface area contributed by atoms with Crippen LogP contribution in [0.4, 0.5) is 5.69 Å².